The van der Waals surface area contributed by atoms with Crippen molar-refractivity contribution in [3.05, 3.63) is 34.6 Å². The van der Waals surface area contributed by atoms with Crippen molar-refractivity contribution in [3.63, 3.8) is 0 Å². The van der Waals surface area contributed by atoms with Crippen LogP contribution < -0.4 is 5.32 Å². The summed E-state index contributed by atoms with van der Waals surface area (Å²) < 4.78 is 4.92. The van der Waals surface area contributed by atoms with Crippen LogP contribution in [0, 0.1) is 0 Å². The van der Waals surface area contributed by atoms with E-state index >= 15 is 0 Å². The number of halogens is 1. The fourth-order valence-electron chi connectivity index (χ4n) is 2.18. The number of benzene rings is 1. The maximum absolute atomic E-state index is 11.7. The predicted molar refractivity (Wildman–Crippen MR) is 75.7 cm³/mol. The standard InChI is InChI=1S/C14H9ClN2O4/c1-2-21-14(20)6-3-4-7-8(5-6)12(15)16-10-9(7)17-13(19)11(10)18/h3-5H,2H2,1H3,(H,17,18,19). The zero-order valence-electron chi connectivity index (χ0n) is 10.9. The molecule has 3 rings (SSSR count). The molecule has 106 valence electrons. The molecular formula is C14H9ClN2O4. The molecular weight excluding hydrogens is 296 g/mol. The van der Waals surface area contributed by atoms with E-state index in [2.05, 4.69) is 10.3 Å². The van der Waals surface area contributed by atoms with Gasteiger partial charge in [0, 0.05) is 10.8 Å². The molecule has 0 unspecified atom stereocenters. The summed E-state index contributed by atoms with van der Waals surface area (Å²) in [7, 11) is 0. The number of ketones is 1. The topological polar surface area (TPSA) is 85.4 Å². The number of anilines is 1. The van der Waals surface area contributed by atoms with Crippen molar-refractivity contribution in [3.8, 4) is 0 Å². The van der Waals surface area contributed by atoms with Gasteiger partial charge in [-0.1, -0.05) is 17.7 Å². The number of pyridine rings is 1. The number of hydrogen-bond donors (Lipinski definition) is 1. The Labute approximate surface area is 124 Å². The first-order valence-electron chi connectivity index (χ1n) is 6.19. The van der Waals surface area contributed by atoms with E-state index in [4.69, 9.17) is 16.3 Å². The lowest BCUT2D eigenvalue weighted by atomic mass is 10.1. The van der Waals surface area contributed by atoms with Gasteiger partial charge < -0.3 is 10.1 Å². The average Bonchev–Trinajstić information content (AvgIpc) is 2.75. The number of amides is 1. The molecule has 6 nitrogen and oxygen atoms in total. The van der Waals surface area contributed by atoms with Gasteiger partial charge in [-0.3, -0.25) is 9.59 Å². The van der Waals surface area contributed by atoms with Gasteiger partial charge in [-0.2, -0.15) is 0 Å². The third-order valence-electron chi connectivity index (χ3n) is 3.13. The number of nitrogens with zero attached hydrogens (tertiary/aromatic N) is 1. The van der Waals surface area contributed by atoms with Crippen LogP contribution in [-0.4, -0.2) is 29.3 Å². The van der Waals surface area contributed by atoms with Gasteiger partial charge in [0.05, 0.1) is 17.9 Å². The normalized spacial score (nSPS) is 13.2. The minimum Gasteiger partial charge on any atom is -0.462 e. The minimum absolute atomic E-state index is 0.00128. The quantitative estimate of drug-likeness (QED) is 0.522. The van der Waals surface area contributed by atoms with Crippen LogP contribution in [0.25, 0.3) is 10.8 Å². The molecule has 1 aliphatic heterocycles. The van der Waals surface area contributed by atoms with Gasteiger partial charge in [-0.15, -0.1) is 0 Å². The molecule has 1 N–H and O–H groups in total. The Morgan fingerprint density at radius 1 is 1.33 bits per heavy atom. The molecule has 0 bridgehead atoms. The van der Waals surface area contributed by atoms with Gasteiger partial charge in [0.2, 0.25) is 0 Å². The third kappa shape index (κ3) is 2.04. The molecule has 7 heteroatoms. The molecule has 1 aromatic heterocycles. The number of carbonyl (C=O) groups is 3. The van der Waals surface area contributed by atoms with E-state index in [9.17, 15) is 14.4 Å². The van der Waals surface area contributed by atoms with Crippen LogP contribution in [0.3, 0.4) is 0 Å². The number of nitrogens with one attached hydrogen (secondary N) is 1. The first-order valence-corrected chi connectivity index (χ1v) is 6.56. The van der Waals surface area contributed by atoms with Gasteiger partial charge in [-0.05, 0) is 19.1 Å². The lowest BCUT2D eigenvalue weighted by Crippen LogP contribution is -2.12. The van der Waals surface area contributed by atoms with Gasteiger partial charge >= 0.3 is 5.97 Å². The maximum atomic E-state index is 11.7. The van der Waals surface area contributed by atoms with Crippen molar-refractivity contribution >= 4 is 45.7 Å². The second kappa shape index (κ2) is 4.82. The van der Waals surface area contributed by atoms with Crippen LogP contribution in [0.2, 0.25) is 5.15 Å². The van der Waals surface area contributed by atoms with E-state index < -0.39 is 17.7 Å². The highest BCUT2D eigenvalue weighted by Gasteiger charge is 2.32. The number of carbonyl (C=O) groups excluding carboxylic acids is 3. The largest absolute Gasteiger partial charge is 0.462 e. The van der Waals surface area contributed by atoms with Crippen LogP contribution in [0.1, 0.15) is 27.8 Å². The average molecular weight is 305 g/mol. The fourth-order valence-corrected chi connectivity index (χ4v) is 2.43. The molecule has 21 heavy (non-hydrogen) atoms. The van der Waals surface area contributed by atoms with Crippen molar-refractivity contribution in [2.24, 2.45) is 0 Å². The highest BCUT2D eigenvalue weighted by atomic mass is 35.5. The summed E-state index contributed by atoms with van der Waals surface area (Å²) >= 11 is 6.05. The first kappa shape index (κ1) is 13.5. The molecule has 1 amide bonds. The Morgan fingerprint density at radius 3 is 2.81 bits per heavy atom. The molecule has 0 fully saturated rings. The molecule has 2 aromatic rings. The Balaban J connectivity index is 2.21. The van der Waals surface area contributed by atoms with E-state index in [1.54, 1.807) is 19.1 Å². The Morgan fingerprint density at radius 2 is 2.10 bits per heavy atom. The van der Waals surface area contributed by atoms with E-state index in [0.717, 1.165) is 0 Å². The van der Waals surface area contributed by atoms with Gasteiger partial charge in [0.25, 0.3) is 11.7 Å². The second-order valence-electron chi connectivity index (χ2n) is 4.39. The summed E-state index contributed by atoms with van der Waals surface area (Å²) in [6, 6.07) is 4.68. The molecule has 0 radical (unpaired) electrons. The summed E-state index contributed by atoms with van der Waals surface area (Å²) in [6.45, 7) is 1.97. The van der Waals surface area contributed by atoms with Crippen LogP contribution in [0.15, 0.2) is 18.2 Å². The van der Waals surface area contributed by atoms with E-state index in [1.165, 1.54) is 6.07 Å². The summed E-state index contributed by atoms with van der Waals surface area (Å²) in [5.74, 6) is -1.94. The van der Waals surface area contributed by atoms with Crippen LogP contribution >= 0.6 is 11.6 Å². The van der Waals surface area contributed by atoms with E-state index in [1.807, 2.05) is 0 Å². The maximum Gasteiger partial charge on any atom is 0.338 e. The summed E-state index contributed by atoms with van der Waals surface area (Å²) in [4.78, 5) is 38.7. The molecule has 0 spiro atoms. The van der Waals surface area contributed by atoms with Crippen LogP contribution in [0.4, 0.5) is 5.69 Å². The second-order valence-corrected chi connectivity index (χ2v) is 4.75. The van der Waals surface area contributed by atoms with E-state index in [-0.39, 0.29) is 17.5 Å². The number of esters is 1. The van der Waals surface area contributed by atoms with Crippen molar-refractivity contribution < 1.29 is 19.1 Å². The monoisotopic (exact) mass is 304 g/mol. The Kier molecular flexibility index (Phi) is 3.10. The third-order valence-corrected chi connectivity index (χ3v) is 3.42. The molecule has 0 atom stereocenters. The number of hydrogen-bond acceptors (Lipinski definition) is 5. The van der Waals surface area contributed by atoms with Gasteiger partial charge in [0.1, 0.15) is 10.8 Å². The lowest BCUT2D eigenvalue weighted by molar-refractivity contribution is -0.112. The fraction of sp³-hybridized carbons (Fsp3) is 0.143. The Hall–Kier alpha value is -2.47. The number of rotatable bonds is 2. The molecule has 1 aromatic carbocycles. The summed E-state index contributed by atoms with van der Waals surface area (Å²) in [5, 5.41) is 3.54. The lowest BCUT2D eigenvalue weighted by Gasteiger charge is -2.08. The van der Waals surface area contributed by atoms with Crippen molar-refractivity contribution in [2.75, 3.05) is 11.9 Å². The van der Waals surface area contributed by atoms with Crippen LogP contribution in [0.5, 0.6) is 0 Å². The summed E-state index contributed by atoms with van der Waals surface area (Å²) in [6.07, 6.45) is 0. The number of aromatic nitrogens is 1. The summed E-state index contributed by atoms with van der Waals surface area (Å²) in [5.41, 5.74) is 0.643. The van der Waals surface area contributed by atoms with Crippen molar-refractivity contribution in [2.45, 2.75) is 6.92 Å². The molecule has 0 saturated heterocycles. The molecule has 0 aliphatic carbocycles. The molecule has 0 saturated carbocycles. The molecule has 1 aliphatic rings. The van der Waals surface area contributed by atoms with E-state index in [0.29, 0.717) is 22.0 Å². The highest BCUT2D eigenvalue weighted by molar-refractivity contribution is 6.53. The van der Waals surface area contributed by atoms with Gasteiger partial charge in [0.15, 0.2) is 0 Å². The SMILES string of the molecule is CCOC(=O)c1ccc2c3c(nc(Cl)c2c1)C(=O)C(=O)N3. The highest BCUT2D eigenvalue weighted by Crippen LogP contribution is 2.34. The van der Waals surface area contributed by atoms with Crippen molar-refractivity contribution in [1.29, 1.82) is 0 Å². The predicted octanol–water partition coefficient (Wildman–Crippen LogP) is 2.20. The first-order chi connectivity index (χ1) is 10.0. The van der Waals surface area contributed by atoms with Gasteiger partial charge in [-0.25, -0.2) is 9.78 Å². The number of ether oxygens (including phenoxy) is 1. The zero-order chi connectivity index (χ0) is 15.1. The van der Waals surface area contributed by atoms with Crippen LogP contribution in [-0.2, 0) is 9.53 Å². The Bertz CT molecular complexity index is 816. The van der Waals surface area contributed by atoms with Crippen molar-refractivity contribution in [1.82, 2.24) is 4.98 Å². The zero-order valence-corrected chi connectivity index (χ0v) is 11.7. The number of Topliss-reactive ketones (excluding diaryl/α,β-unsaturated/α-hetero) is 1. The smallest absolute Gasteiger partial charge is 0.338 e. The number of fused-ring (bicyclic) bond motifs is 3. The molecule has 2 heterocycles. The minimum atomic E-state index is -0.740.